The normalized spacial score (nSPS) is 11.5. The summed E-state index contributed by atoms with van der Waals surface area (Å²) in [6, 6.07) is 17.7. The van der Waals surface area contributed by atoms with E-state index in [1.807, 2.05) is 43.3 Å². The van der Waals surface area contributed by atoms with Crippen LogP contribution in [0.1, 0.15) is 18.2 Å². The zero-order valence-corrected chi connectivity index (χ0v) is 17.6. The van der Waals surface area contributed by atoms with E-state index in [1.165, 1.54) is 6.07 Å². The lowest BCUT2D eigenvalue weighted by molar-refractivity contribution is 0.331. The lowest BCUT2D eigenvalue weighted by Crippen LogP contribution is -2.14. The summed E-state index contributed by atoms with van der Waals surface area (Å²) in [5, 5.41) is 0. The Balaban J connectivity index is 1.85. The molecule has 28 heavy (non-hydrogen) atoms. The smallest absolute Gasteiger partial charge is 0.265 e. The summed E-state index contributed by atoms with van der Waals surface area (Å²) >= 11 is 3.32. The summed E-state index contributed by atoms with van der Waals surface area (Å²) in [4.78, 5) is 4.32. The summed E-state index contributed by atoms with van der Waals surface area (Å²) in [7, 11) is -3.81. The number of hydrogen-bond acceptors (Lipinski definition) is 4. The Morgan fingerprint density at radius 2 is 1.93 bits per heavy atom. The van der Waals surface area contributed by atoms with Crippen LogP contribution in [0.2, 0.25) is 0 Å². The molecule has 0 aliphatic carbocycles. The van der Waals surface area contributed by atoms with Crippen molar-refractivity contribution in [3.05, 3.63) is 82.6 Å². The summed E-state index contributed by atoms with van der Waals surface area (Å²) in [5.74, 6) is 0.310. The van der Waals surface area contributed by atoms with Gasteiger partial charge in [-0.15, -0.1) is 0 Å². The highest BCUT2D eigenvalue weighted by atomic mass is 79.9. The lowest BCUT2D eigenvalue weighted by atomic mass is 10.2. The van der Waals surface area contributed by atoms with Crippen molar-refractivity contribution in [1.82, 2.24) is 4.98 Å². The van der Waals surface area contributed by atoms with Gasteiger partial charge in [-0.05, 0) is 61.0 Å². The van der Waals surface area contributed by atoms with Gasteiger partial charge in [0.05, 0.1) is 12.3 Å². The van der Waals surface area contributed by atoms with Crippen LogP contribution >= 0.6 is 15.9 Å². The number of nitrogens with one attached hydrogen (secondary N) is 1. The van der Waals surface area contributed by atoms with Crippen molar-refractivity contribution in [1.29, 1.82) is 0 Å². The van der Waals surface area contributed by atoms with Crippen molar-refractivity contribution in [2.24, 2.45) is 0 Å². The third-order valence-corrected chi connectivity index (χ3v) is 5.66. The Morgan fingerprint density at radius 3 is 2.68 bits per heavy atom. The van der Waals surface area contributed by atoms with Gasteiger partial charge in [0.15, 0.2) is 0 Å². The van der Waals surface area contributed by atoms with Gasteiger partial charge in [0.25, 0.3) is 10.0 Å². The number of benzene rings is 2. The zero-order chi connectivity index (χ0) is 20.0. The fraction of sp³-hybridized carbons (Fsp3) is 0.0952. The third-order valence-electron chi connectivity index (χ3n) is 3.77. The second-order valence-electron chi connectivity index (χ2n) is 5.84. The number of halogens is 1. The molecule has 1 N–H and O–H groups in total. The van der Waals surface area contributed by atoms with E-state index in [9.17, 15) is 8.42 Å². The molecule has 7 heteroatoms. The first kappa shape index (κ1) is 20.1. The maximum atomic E-state index is 12.9. The number of ether oxygens (including phenoxy) is 1. The Kier molecular flexibility index (Phi) is 6.49. The van der Waals surface area contributed by atoms with Crippen LogP contribution in [0.5, 0.6) is 5.75 Å². The topological polar surface area (TPSA) is 68.3 Å². The van der Waals surface area contributed by atoms with E-state index in [1.54, 1.807) is 36.5 Å². The molecule has 0 fully saturated rings. The Morgan fingerprint density at radius 1 is 1.07 bits per heavy atom. The SMILES string of the molecule is CCOc1ccc(Br)cc1S(=O)(=O)Nc1cccc(/C=C/c2ccccn2)c1. The summed E-state index contributed by atoms with van der Waals surface area (Å²) in [6.45, 7) is 2.18. The molecule has 0 unspecified atom stereocenters. The Labute approximate surface area is 173 Å². The van der Waals surface area contributed by atoms with Gasteiger partial charge in [-0.2, -0.15) is 0 Å². The number of nitrogens with zero attached hydrogens (tertiary/aromatic N) is 1. The monoisotopic (exact) mass is 458 g/mol. The quantitative estimate of drug-likeness (QED) is 0.527. The maximum absolute atomic E-state index is 12.9. The van der Waals surface area contributed by atoms with Crippen LogP contribution in [-0.4, -0.2) is 20.0 Å². The molecule has 0 amide bonds. The summed E-state index contributed by atoms with van der Waals surface area (Å²) in [5.41, 5.74) is 2.14. The second kappa shape index (κ2) is 9.03. The predicted molar refractivity (Wildman–Crippen MR) is 116 cm³/mol. The van der Waals surface area contributed by atoms with E-state index in [0.717, 1.165) is 11.3 Å². The number of sulfonamides is 1. The fourth-order valence-corrected chi connectivity index (χ4v) is 4.27. The minimum Gasteiger partial charge on any atom is -0.492 e. The standard InChI is InChI=1S/C21H19BrN2O3S/c1-2-27-20-12-10-17(22)15-21(20)28(25,26)24-19-8-5-6-16(14-19)9-11-18-7-3-4-13-23-18/h3-15,24H,2H2,1H3/b11-9+. The molecule has 0 spiro atoms. The molecule has 5 nitrogen and oxygen atoms in total. The summed E-state index contributed by atoms with van der Waals surface area (Å²) in [6.07, 6.45) is 5.47. The van der Waals surface area contributed by atoms with Crippen molar-refractivity contribution < 1.29 is 13.2 Å². The number of rotatable bonds is 7. The highest BCUT2D eigenvalue weighted by molar-refractivity contribution is 9.10. The van der Waals surface area contributed by atoms with Crippen molar-refractivity contribution >= 4 is 43.8 Å². The van der Waals surface area contributed by atoms with Gasteiger partial charge >= 0.3 is 0 Å². The van der Waals surface area contributed by atoms with Crippen molar-refractivity contribution in [2.45, 2.75) is 11.8 Å². The molecular formula is C21H19BrN2O3S. The van der Waals surface area contributed by atoms with Gasteiger partial charge in [-0.1, -0.05) is 40.2 Å². The summed E-state index contributed by atoms with van der Waals surface area (Å²) < 4.78 is 34.5. The molecule has 0 radical (unpaired) electrons. The van der Waals surface area contributed by atoms with E-state index >= 15 is 0 Å². The van der Waals surface area contributed by atoms with Crippen molar-refractivity contribution in [2.75, 3.05) is 11.3 Å². The molecule has 0 saturated heterocycles. The van der Waals surface area contributed by atoms with Gasteiger partial charge in [-0.3, -0.25) is 9.71 Å². The van der Waals surface area contributed by atoms with Gasteiger partial charge < -0.3 is 4.74 Å². The maximum Gasteiger partial charge on any atom is 0.265 e. The molecule has 1 heterocycles. The fourth-order valence-electron chi connectivity index (χ4n) is 2.54. The van der Waals surface area contributed by atoms with Gasteiger partial charge in [0.2, 0.25) is 0 Å². The van der Waals surface area contributed by atoms with Gasteiger partial charge in [0.1, 0.15) is 10.6 Å². The number of aromatic nitrogens is 1. The number of hydrogen-bond donors (Lipinski definition) is 1. The Bertz CT molecular complexity index is 1080. The van der Waals surface area contributed by atoms with Crippen molar-refractivity contribution in [3.63, 3.8) is 0 Å². The number of pyridine rings is 1. The van der Waals surface area contributed by atoms with E-state index in [0.29, 0.717) is 22.5 Å². The van der Waals surface area contributed by atoms with Crippen LogP contribution in [0.15, 0.2) is 76.2 Å². The molecule has 3 aromatic rings. The Hall–Kier alpha value is -2.64. The molecule has 0 bridgehead atoms. The molecule has 1 aromatic heterocycles. The van der Waals surface area contributed by atoms with E-state index in [4.69, 9.17) is 4.74 Å². The second-order valence-corrected chi connectivity index (χ2v) is 8.41. The minimum absolute atomic E-state index is 0.0816. The molecule has 3 rings (SSSR count). The van der Waals surface area contributed by atoms with Crippen LogP contribution in [0, 0.1) is 0 Å². The first-order valence-electron chi connectivity index (χ1n) is 8.62. The average Bonchev–Trinajstić information content (AvgIpc) is 2.69. The van der Waals surface area contributed by atoms with Crippen LogP contribution in [0.4, 0.5) is 5.69 Å². The highest BCUT2D eigenvalue weighted by Crippen LogP contribution is 2.29. The molecule has 0 saturated carbocycles. The minimum atomic E-state index is -3.81. The third kappa shape index (κ3) is 5.21. The largest absolute Gasteiger partial charge is 0.492 e. The van der Waals surface area contributed by atoms with Crippen LogP contribution in [0.3, 0.4) is 0 Å². The molecule has 0 aliphatic rings. The first-order valence-corrected chi connectivity index (χ1v) is 10.9. The van der Waals surface area contributed by atoms with Crippen molar-refractivity contribution in [3.8, 4) is 5.75 Å². The van der Waals surface area contributed by atoms with Crippen LogP contribution in [0.25, 0.3) is 12.2 Å². The first-order chi connectivity index (χ1) is 13.5. The number of anilines is 1. The van der Waals surface area contributed by atoms with Gasteiger partial charge in [0, 0.05) is 16.4 Å². The zero-order valence-electron chi connectivity index (χ0n) is 15.2. The molecular weight excluding hydrogens is 440 g/mol. The van der Waals surface area contributed by atoms with Crippen LogP contribution in [-0.2, 0) is 10.0 Å². The highest BCUT2D eigenvalue weighted by Gasteiger charge is 2.20. The van der Waals surface area contributed by atoms with E-state index < -0.39 is 10.0 Å². The molecule has 0 atom stereocenters. The van der Waals surface area contributed by atoms with E-state index in [-0.39, 0.29) is 4.90 Å². The van der Waals surface area contributed by atoms with Gasteiger partial charge in [-0.25, -0.2) is 8.42 Å². The molecule has 0 aliphatic heterocycles. The molecule has 2 aromatic carbocycles. The lowest BCUT2D eigenvalue weighted by Gasteiger charge is -2.13. The average molecular weight is 459 g/mol. The predicted octanol–water partition coefficient (Wildman–Crippen LogP) is 5.21. The van der Waals surface area contributed by atoms with Crippen LogP contribution < -0.4 is 9.46 Å². The van der Waals surface area contributed by atoms with E-state index in [2.05, 4.69) is 25.6 Å². The molecule has 144 valence electrons.